The van der Waals surface area contributed by atoms with Gasteiger partial charge in [-0.2, -0.15) is 0 Å². The van der Waals surface area contributed by atoms with Crippen molar-refractivity contribution in [2.75, 3.05) is 46.1 Å². The van der Waals surface area contributed by atoms with E-state index in [4.69, 9.17) is 26.0 Å². The summed E-state index contributed by atoms with van der Waals surface area (Å²) in [5, 5.41) is 20.1. The van der Waals surface area contributed by atoms with Crippen LogP contribution in [0, 0.1) is 5.92 Å². The van der Waals surface area contributed by atoms with Crippen LogP contribution in [0.25, 0.3) is 0 Å². The van der Waals surface area contributed by atoms with Crippen LogP contribution in [0.3, 0.4) is 0 Å². The van der Waals surface area contributed by atoms with E-state index in [9.17, 15) is 19.2 Å². The summed E-state index contributed by atoms with van der Waals surface area (Å²) in [6, 6.07) is 14.9. The molecule has 0 unspecified atom stereocenters. The minimum atomic E-state index is -1.00. The van der Waals surface area contributed by atoms with Crippen LogP contribution in [-0.4, -0.2) is 99.0 Å². The lowest BCUT2D eigenvalue weighted by Gasteiger charge is -2.27. The van der Waals surface area contributed by atoms with Crippen molar-refractivity contribution in [3.05, 3.63) is 71.8 Å². The van der Waals surface area contributed by atoms with Gasteiger partial charge in [0.15, 0.2) is 0 Å². The zero-order chi connectivity index (χ0) is 35.9. The van der Waals surface area contributed by atoms with Gasteiger partial charge in [-0.25, -0.2) is 0 Å². The Labute approximate surface area is 290 Å². The third kappa shape index (κ3) is 17.4. The van der Waals surface area contributed by atoms with E-state index in [1.54, 1.807) is 0 Å². The highest BCUT2D eigenvalue weighted by molar-refractivity contribution is 5.95. The highest BCUT2D eigenvalue weighted by Gasteiger charge is 2.31. The predicted octanol–water partition coefficient (Wildman–Crippen LogP) is 0.570. The molecule has 0 radical (unpaired) electrons. The smallest absolute Gasteiger partial charge is 0.243 e. The van der Waals surface area contributed by atoms with Crippen LogP contribution in [0.5, 0.6) is 0 Å². The van der Waals surface area contributed by atoms with Gasteiger partial charge < -0.3 is 47.3 Å². The van der Waals surface area contributed by atoms with Crippen LogP contribution < -0.4 is 32.7 Å². The van der Waals surface area contributed by atoms with Crippen LogP contribution >= 0.6 is 0 Å². The first-order valence-electron chi connectivity index (χ1n) is 17.1. The van der Waals surface area contributed by atoms with E-state index in [1.807, 2.05) is 74.5 Å². The summed E-state index contributed by atoms with van der Waals surface area (Å²) < 4.78 is 10.6. The van der Waals surface area contributed by atoms with Crippen molar-refractivity contribution in [1.82, 2.24) is 21.3 Å². The topological polar surface area (TPSA) is 207 Å². The molecule has 0 aliphatic rings. The fraction of sp³-hybridized carbons (Fsp3) is 0.556. The maximum atomic E-state index is 13.8. The Morgan fingerprint density at radius 3 is 1.84 bits per heavy atom. The molecule has 2 aromatic carbocycles. The van der Waals surface area contributed by atoms with Crippen LogP contribution in [0.4, 0.5) is 0 Å². The number of hydrogen-bond donors (Lipinski definition) is 7. The summed E-state index contributed by atoms with van der Waals surface area (Å²) in [6.45, 7) is 5.58. The normalized spacial score (nSPS) is 13.6. The molecular weight excluding hydrogens is 628 g/mol. The molecule has 4 atom stereocenters. The SMILES string of the molecule is CC(C)C[C@@H](NC(=O)[C@@H](Cc1ccccc1)NC(=O)[C@H](N)Cc1ccccc1)C(=O)N[C@H](CCCCN)C(=O)NCCOCCOCCO. The Balaban J connectivity index is 2.12. The fourth-order valence-corrected chi connectivity index (χ4v) is 5.06. The van der Waals surface area contributed by atoms with Gasteiger partial charge in [-0.15, -0.1) is 0 Å². The minimum Gasteiger partial charge on any atom is -0.394 e. The third-order valence-electron chi connectivity index (χ3n) is 7.62. The van der Waals surface area contributed by atoms with Gasteiger partial charge in [0.25, 0.3) is 0 Å². The Morgan fingerprint density at radius 2 is 1.24 bits per heavy atom. The lowest BCUT2D eigenvalue weighted by molar-refractivity contribution is -0.134. The van der Waals surface area contributed by atoms with Crippen molar-refractivity contribution in [2.24, 2.45) is 17.4 Å². The standard InChI is InChI=1S/C36H56N6O7/c1-26(2)23-31(35(46)40-30(15-9-10-16-37)34(45)39-17-19-48-21-22-49-20-18-43)42-36(47)32(25-28-13-7-4-8-14-28)41-33(44)29(38)24-27-11-5-3-6-12-27/h3-8,11-14,26,29-32,43H,9-10,15-25,37-38H2,1-2H3,(H,39,45)(H,40,46)(H,41,44)(H,42,47)/t29-,30-,31-,32-/m1/s1. The van der Waals surface area contributed by atoms with Gasteiger partial charge in [0.05, 0.1) is 39.1 Å². The first-order chi connectivity index (χ1) is 23.6. The number of benzene rings is 2. The number of unbranched alkanes of at least 4 members (excludes halogenated alkanes) is 1. The molecule has 0 fully saturated rings. The summed E-state index contributed by atoms with van der Waals surface area (Å²) in [7, 11) is 0. The van der Waals surface area contributed by atoms with Crippen molar-refractivity contribution < 1.29 is 33.8 Å². The van der Waals surface area contributed by atoms with Gasteiger partial charge in [0, 0.05) is 13.0 Å². The monoisotopic (exact) mass is 684 g/mol. The molecule has 2 rings (SSSR count). The summed E-state index contributed by atoms with van der Waals surface area (Å²) in [4.78, 5) is 53.8. The van der Waals surface area contributed by atoms with E-state index >= 15 is 0 Å². The number of hydrogen-bond acceptors (Lipinski definition) is 9. The largest absolute Gasteiger partial charge is 0.394 e. The number of aliphatic hydroxyl groups is 1. The molecule has 0 aromatic heterocycles. The number of nitrogens with two attached hydrogens (primary N) is 2. The molecule has 0 aliphatic carbocycles. The van der Waals surface area contributed by atoms with Gasteiger partial charge in [-0.1, -0.05) is 74.5 Å². The minimum absolute atomic E-state index is 0.0283. The van der Waals surface area contributed by atoms with Gasteiger partial charge in [0.2, 0.25) is 23.6 Å². The average molecular weight is 685 g/mol. The molecule has 0 aliphatic heterocycles. The van der Waals surface area contributed by atoms with Gasteiger partial charge in [-0.05, 0) is 55.7 Å². The van der Waals surface area contributed by atoms with Crippen LogP contribution in [0.1, 0.15) is 50.7 Å². The number of rotatable bonds is 25. The molecule has 272 valence electrons. The Bertz CT molecular complexity index is 1230. The molecule has 0 saturated heterocycles. The molecule has 0 bridgehead atoms. The Morgan fingerprint density at radius 1 is 0.694 bits per heavy atom. The number of nitrogens with one attached hydrogen (secondary N) is 4. The predicted molar refractivity (Wildman–Crippen MR) is 188 cm³/mol. The van der Waals surface area contributed by atoms with E-state index in [0.29, 0.717) is 51.9 Å². The molecule has 9 N–H and O–H groups in total. The molecular formula is C36H56N6O7. The first kappa shape index (κ1) is 41.3. The number of carbonyl (C=O) groups is 4. The second-order valence-electron chi connectivity index (χ2n) is 12.3. The maximum absolute atomic E-state index is 13.8. The highest BCUT2D eigenvalue weighted by atomic mass is 16.5. The quantitative estimate of drug-likeness (QED) is 0.0729. The third-order valence-corrected chi connectivity index (χ3v) is 7.62. The molecule has 13 nitrogen and oxygen atoms in total. The second kappa shape index (κ2) is 24.3. The molecule has 0 spiro atoms. The summed E-state index contributed by atoms with van der Waals surface area (Å²) >= 11 is 0. The van der Waals surface area contributed by atoms with Crippen LogP contribution in [0.15, 0.2) is 60.7 Å². The van der Waals surface area contributed by atoms with Crippen LogP contribution in [-0.2, 0) is 41.5 Å². The lowest BCUT2D eigenvalue weighted by Crippen LogP contribution is -2.58. The summed E-state index contributed by atoms with van der Waals surface area (Å²) in [5.41, 5.74) is 13.6. The number of carbonyl (C=O) groups excluding carboxylic acids is 4. The number of aliphatic hydroxyl groups excluding tert-OH is 1. The number of ether oxygens (including phenoxy) is 2. The Hall–Kier alpha value is -3.88. The molecule has 4 amide bonds. The van der Waals surface area contributed by atoms with E-state index in [-0.39, 0.29) is 44.6 Å². The lowest BCUT2D eigenvalue weighted by atomic mass is 9.99. The fourth-order valence-electron chi connectivity index (χ4n) is 5.06. The van der Waals surface area contributed by atoms with Gasteiger partial charge in [0.1, 0.15) is 18.1 Å². The first-order valence-corrected chi connectivity index (χ1v) is 17.1. The van der Waals surface area contributed by atoms with E-state index in [0.717, 1.165) is 11.1 Å². The van der Waals surface area contributed by atoms with Crippen molar-refractivity contribution in [1.29, 1.82) is 0 Å². The molecule has 0 heterocycles. The van der Waals surface area contributed by atoms with E-state index < -0.39 is 41.9 Å². The summed E-state index contributed by atoms with van der Waals surface area (Å²) in [6.07, 6.45) is 2.44. The Kier molecular flexibility index (Phi) is 20.5. The van der Waals surface area contributed by atoms with Crippen molar-refractivity contribution in [3.63, 3.8) is 0 Å². The average Bonchev–Trinajstić information content (AvgIpc) is 3.08. The summed E-state index contributed by atoms with van der Waals surface area (Å²) in [5.74, 6) is -1.86. The molecule has 2 aromatic rings. The van der Waals surface area contributed by atoms with Crippen LogP contribution in [0.2, 0.25) is 0 Å². The van der Waals surface area contributed by atoms with Crippen molar-refractivity contribution >= 4 is 23.6 Å². The molecule has 0 saturated carbocycles. The molecule has 49 heavy (non-hydrogen) atoms. The zero-order valence-electron chi connectivity index (χ0n) is 28.9. The zero-order valence-corrected chi connectivity index (χ0v) is 28.9. The van der Waals surface area contributed by atoms with E-state index in [1.165, 1.54) is 0 Å². The van der Waals surface area contributed by atoms with E-state index in [2.05, 4.69) is 21.3 Å². The van der Waals surface area contributed by atoms with Crippen molar-refractivity contribution in [3.8, 4) is 0 Å². The second-order valence-corrected chi connectivity index (χ2v) is 12.3. The van der Waals surface area contributed by atoms with Gasteiger partial charge in [-0.3, -0.25) is 19.2 Å². The van der Waals surface area contributed by atoms with Crippen molar-refractivity contribution in [2.45, 2.75) is 76.5 Å². The maximum Gasteiger partial charge on any atom is 0.243 e. The number of amides is 4. The highest BCUT2D eigenvalue weighted by Crippen LogP contribution is 2.10. The molecule has 13 heteroatoms. The van der Waals surface area contributed by atoms with Gasteiger partial charge >= 0.3 is 0 Å².